The van der Waals surface area contributed by atoms with Crippen LogP contribution in [0.3, 0.4) is 0 Å². The third-order valence-corrected chi connectivity index (χ3v) is 3.27. The molecule has 7 heteroatoms. The number of nitrogens with zero attached hydrogens (tertiary/aromatic N) is 1. The van der Waals surface area contributed by atoms with E-state index in [4.69, 9.17) is 9.84 Å². The van der Waals surface area contributed by atoms with E-state index >= 15 is 0 Å². The number of methoxy groups -OCH3 is 1. The minimum atomic E-state index is -1.01. The Hall–Kier alpha value is -3.09. The lowest BCUT2D eigenvalue weighted by molar-refractivity contribution is -0.138. The molecule has 1 heterocycles. The smallest absolute Gasteiger partial charge is 0.303 e. The van der Waals surface area contributed by atoms with E-state index in [-0.39, 0.29) is 18.7 Å². The summed E-state index contributed by atoms with van der Waals surface area (Å²) in [5.74, 6) is -0.192. The first-order valence-electron chi connectivity index (χ1n) is 7.42. The molecule has 1 aromatic carbocycles. The van der Waals surface area contributed by atoms with Crippen LogP contribution in [-0.4, -0.2) is 29.1 Å². The molecular weight excluding hydrogens is 310 g/mol. The second-order valence-electron chi connectivity index (χ2n) is 5.04. The van der Waals surface area contributed by atoms with Crippen molar-refractivity contribution in [3.63, 3.8) is 0 Å². The zero-order valence-electron chi connectivity index (χ0n) is 13.3. The van der Waals surface area contributed by atoms with Gasteiger partial charge in [-0.25, -0.2) is 4.98 Å². The molecule has 2 aromatic rings. The Morgan fingerprint density at radius 3 is 2.62 bits per heavy atom. The highest BCUT2D eigenvalue weighted by atomic mass is 16.5. The number of carboxylic acids is 1. The zero-order chi connectivity index (χ0) is 17.4. The van der Waals surface area contributed by atoms with Gasteiger partial charge in [0.15, 0.2) is 0 Å². The molecule has 0 saturated heterocycles. The Bertz CT molecular complexity index is 701. The van der Waals surface area contributed by atoms with Crippen LogP contribution in [0.15, 0.2) is 42.6 Å². The molecule has 0 bridgehead atoms. The summed E-state index contributed by atoms with van der Waals surface area (Å²) in [5.41, 5.74) is 1.82. The molecule has 0 unspecified atom stereocenters. The van der Waals surface area contributed by atoms with Crippen molar-refractivity contribution >= 4 is 23.4 Å². The number of amides is 1. The molecule has 0 aliphatic heterocycles. The average Bonchev–Trinajstić information content (AvgIpc) is 2.59. The number of hydrogen-bond donors (Lipinski definition) is 3. The molecule has 1 aromatic heterocycles. The Morgan fingerprint density at radius 1 is 1.17 bits per heavy atom. The van der Waals surface area contributed by atoms with Crippen LogP contribution in [0, 0.1) is 0 Å². The summed E-state index contributed by atoms with van der Waals surface area (Å²) in [6, 6.07) is 11.2. The van der Waals surface area contributed by atoms with Crippen molar-refractivity contribution in [3.8, 4) is 5.75 Å². The van der Waals surface area contributed by atoms with Gasteiger partial charge >= 0.3 is 5.97 Å². The van der Waals surface area contributed by atoms with E-state index in [9.17, 15) is 9.59 Å². The molecule has 0 fully saturated rings. The summed E-state index contributed by atoms with van der Waals surface area (Å²) < 4.78 is 5.29. The number of carboxylic acid groups (broad SMARTS) is 1. The maximum Gasteiger partial charge on any atom is 0.303 e. The Morgan fingerprint density at radius 2 is 1.96 bits per heavy atom. The second kappa shape index (κ2) is 8.52. The first-order chi connectivity index (χ1) is 11.6. The van der Waals surface area contributed by atoms with Gasteiger partial charge in [0.05, 0.1) is 25.4 Å². The molecule has 126 valence electrons. The molecule has 7 nitrogen and oxygen atoms in total. The number of nitrogens with one attached hydrogen (secondary N) is 2. The summed E-state index contributed by atoms with van der Waals surface area (Å²) in [6.07, 6.45) is 1.32. The van der Waals surface area contributed by atoms with Gasteiger partial charge in [0.1, 0.15) is 11.6 Å². The fourth-order valence-corrected chi connectivity index (χ4v) is 2.04. The third kappa shape index (κ3) is 5.28. The topological polar surface area (TPSA) is 101 Å². The number of aliphatic carboxylic acids is 1. The van der Waals surface area contributed by atoms with Gasteiger partial charge in [0.2, 0.25) is 5.91 Å². The van der Waals surface area contributed by atoms with E-state index in [1.165, 1.54) is 0 Å². The zero-order valence-corrected chi connectivity index (χ0v) is 13.3. The highest BCUT2D eigenvalue weighted by Gasteiger charge is 2.07. The number of ether oxygens (including phenoxy) is 1. The number of para-hydroxylation sites is 1. The number of hydrogen-bond acceptors (Lipinski definition) is 5. The highest BCUT2D eigenvalue weighted by molar-refractivity contribution is 5.91. The predicted molar refractivity (Wildman–Crippen MR) is 90.1 cm³/mol. The van der Waals surface area contributed by atoms with Crippen molar-refractivity contribution in [1.82, 2.24) is 4.98 Å². The lowest BCUT2D eigenvalue weighted by Crippen LogP contribution is -2.14. The highest BCUT2D eigenvalue weighted by Crippen LogP contribution is 2.19. The molecule has 0 aliphatic carbocycles. The number of carbonyl (C=O) groups excluding carboxylic acids is 1. The Balaban J connectivity index is 1.88. The van der Waals surface area contributed by atoms with Gasteiger partial charge in [-0.05, 0) is 18.2 Å². The van der Waals surface area contributed by atoms with Gasteiger partial charge in [-0.2, -0.15) is 0 Å². The summed E-state index contributed by atoms with van der Waals surface area (Å²) >= 11 is 0. The maximum atomic E-state index is 11.5. The molecule has 0 atom stereocenters. The summed E-state index contributed by atoms with van der Waals surface area (Å²) in [5, 5.41) is 14.3. The van der Waals surface area contributed by atoms with E-state index in [2.05, 4.69) is 15.6 Å². The van der Waals surface area contributed by atoms with E-state index in [1.807, 2.05) is 24.3 Å². The van der Waals surface area contributed by atoms with E-state index < -0.39 is 5.97 Å². The normalized spacial score (nSPS) is 10.0. The van der Waals surface area contributed by atoms with Crippen LogP contribution in [0.4, 0.5) is 11.5 Å². The molecule has 1 amide bonds. The molecule has 2 rings (SSSR count). The summed E-state index contributed by atoms with van der Waals surface area (Å²) in [7, 11) is 1.63. The van der Waals surface area contributed by atoms with Crippen molar-refractivity contribution in [2.75, 3.05) is 17.7 Å². The lowest BCUT2D eigenvalue weighted by atomic mass is 10.2. The SMILES string of the molecule is COc1ccccc1CNc1ccc(NC(=O)CCC(=O)O)nc1. The van der Waals surface area contributed by atoms with E-state index in [0.717, 1.165) is 17.0 Å². The Kier molecular flexibility index (Phi) is 6.13. The minimum absolute atomic E-state index is 0.0786. The van der Waals surface area contributed by atoms with E-state index in [0.29, 0.717) is 12.4 Å². The van der Waals surface area contributed by atoms with Gasteiger partial charge in [-0.3, -0.25) is 9.59 Å². The number of benzene rings is 1. The fourth-order valence-electron chi connectivity index (χ4n) is 2.04. The van der Waals surface area contributed by atoms with Crippen LogP contribution in [0.5, 0.6) is 5.75 Å². The maximum absolute atomic E-state index is 11.5. The number of rotatable bonds is 8. The third-order valence-electron chi connectivity index (χ3n) is 3.27. The van der Waals surface area contributed by atoms with Crippen molar-refractivity contribution < 1.29 is 19.4 Å². The molecule has 0 spiro atoms. The van der Waals surface area contributed by atoms with Gasteiger partial charge in [-0.15, -0.1) is 0 Å². The van der Waals surface area contributed by atoms with Gasteiger partial charge in [0.25, 0.3) is 0 Å². The van der Waals surface area contributed by atoms with Crippen LogP contribution < -0.4 is 15.4 Å². The molecule has 0 saturated carbocycles. The first-order valence-corrected chi connectivity index (χ1v) is 7.42. The second-order valence-corrected chi connectivity index (χ2v) is 5.04. The van der Waals surface area contributed by atoms with Crippen molar-refractivity contribution in [1.29, 1.82) is 0 Å². The van der Waals surface area contributed by atoms with Crippen molar-refractivity contribution in [3.05, 3.63) is 48.2 Å². The number of pyridine rings is 1. The quantitative estimate of drug-likeness (QED) is 0.688. The fraction of sp³-hybridized carbons (Fsp3) is 0.235. The first kappa shape index (κ1) is 17.3. The summed E-state index contributed by atoms with van der Waals surface area (Å²) in [6.45, 7) is 0.579. The van der Waals surface area contributed by atoms with Gasteiger partial charge in [0, 0.05) is 18.5 Å². The molecular formula is C17H19N3O4. The predicted octanol–water partition coefficient (Wildman–Crippen LogP) is 2.51. The molecule has 3 N–H and O–H groups in total. The monoisotopic (exact) mass is 329 g/mol. The molecule has 24 heavy (non-hydrogen) atoms. The van der Waals surface area contributed by atoms with Gasteiger partial charge < -0.3 is 20.5 Å². The van der Waals surface area contributed by atoms with Crippen LogP contribution >= 0.6 is 0 Å². The number of aromatic nitrogens is 1. The standard InChI is InChI=1S/C17H19N3O4/c1-24-14-5-3-2-4-12(14)10-18-13-6-7-15(19-11-13)20-16(21)8-9-17(22)23/h2-7,11,18H,8-10H2,1H3,(H,22,23)(H,19,20,21). The van der Waals surface area contributed by atoms with Gasteiger partial charge in [-0.1, -0.05) is 18.2 Å². The van der Waals surface area contributed by atoms with Crippen LogP contribution in [-0.2, 0) is 16.1 Å². The van der Waals surface area contributed by atoms with Crippen molar-refractivity contribution in [2.24, 2.45) is 0 Å². The summed E-state index contributed by atoms with van der Waals surface area (Å²) in [4.78, 5) is 26.1. The van der Waals surface area contributed by atoms with Crippen LogP contribution in [0.2, 0.25) is 0 Å². The molecule has 0 aliphatic rings. The lowest BCUT2D eigenvalue weighted by Gasteiger charge is -2.10. The largest absolute Gasteiger partial charge is 0.496 e. The Labute approximate surface area is 139 Å². The number of carbonyl (C=O) groups is 2. The van der Waals surface area contributed by atoms with Crippen molar-refractivity contribution in [2.45, 2.75) is 19.4 Å². The minimum Gasteiger partial charge on any atom is -0.496 e. The molecule has 0 radical (unpaired) electrons. The average molecular weight is 329 g/mol. The van der Waals surface area contributed by atoms with Crippen LogP contribution in [0.25, 0.3) is 0 Å². The van der Waals surface area contributed by atoms with Crippen LogP contribution in [0.1, 0.15) is 18.4 Å². The van der Waals surface area contributed by atoms with E-state index in [1.54, 1.807) is 25.4 Å². The number of anilines is 2.